The molecule has 1 atom stereocenters. The number of rotatable bonds is 7. The Kier molecular flexibility index (Phi) is 10.6. The predicted molar refractivity (Wildman–Crippen MR) is 129 cm³/mol. The van der Waals surface area contributed by atoms with E-state index in [1.54, 1.807) is 0 Å². The van der Waals surface area contributed by atoms with Crippen LogP contribution < -0.4 is 10.6 Å². The molecule has 1 unspecified atom stereocenters. The van der Waals surface area contributed by atoms with E-state index in [9.17, 15) is 0 Å². The fraction of sp³-hybridized carbons (Fsp3) is 0.682. The maximum absolute atomic E-state index is 4.90. The number of aliphatic imine (C=N–C) groups is 1. The average Bonchev–Trinajstić information content (AvgIpc) is 3.17. The van der Waals surface area contributed by atoms with Crippen LogP contribution in [0.5, 0.6) is 0 Å². The summed E-state index contributed by atoms with van der Waals surface area (Å²) in [6.07, 6.45) is 3.66. The number of nitrogens with one attached hydrogen (secondary N) is 2. The van der Waals surface area contributed by atoms with Gasteiger partial charge in [0.25, 0.3) is 0 Å². The van der Waals surface area contributed by atoms with Gasteiger partial charge < -0.3 is 15.5 Å². The molecule has 0 radical (unpaired) electrons. The number of likely N-dealkylation sites (tertiary alicyclic amines) is 2. The van der Waals surface area contributed by atoms with Crippen LogP contribution in [0.2, 0.25) is 0 Å². The highest BCUT2D eigenvalue weighted by molar-refractivity contribution is 14.0. The van der Waals surface area contributed by atoms with Crippen molar-refractivity contribution in [3.8, 4) is 0 Å². The van der Waals surface area contributed by atoms with Crippen molar-refractivity contribution >= 4 is 29.9 Å². The van der Waals surface area contributed by atoms with Crippen molar-refractivity contribution in [2.45, 2.75) is 45.7 Å². The van der Waals surface area contributed by atoms with Gasteiger partial charge in [0.2, 0.25) is 0 Å². The standard InChI is InChI=1S/C22H37N5.HI/c1-3-23-22(24-16-20-10-13-26(4-2)18-20)25-21-11-14-27(15-12-21)17-19-8-6-5-7-9-19;/h5-9,20-21H,3-4,10-18H2,1-2H3,(H2,23,24,25);1H. The molecule has 0 aromatic heterocycles. The second kappa shape index (κ2) is 12.6. The first-order valence-corrected chi connectivity index (χ1v) is 10.8. The van der Waals surface area contributed by atoms with Crippen LogP contribution in [-0.2, 0) is 6.54 Å². The van der Waals surface area contributed by atoms with Gasteiger partial charge in [-0.3, -0.25) is 9.89 Å². The lowest BCUT2D eigenvalue weighted by Gasteiger charge is -2.33. The van der Waals surface area contributed by atoms with Gasteiger partial charge in [0.1, 0.15) is 0 Å². The fourth-order valence-corrected chi connectivity index (χ4v) is 4.16. The summed E-state index contributed by atoms with van der Waals surface area (Å²) in [4.78, 5) is 9.99. The van der Waals surface area contributed by atoms with Crippen molar-refractivity contribution in [2.75, 3.05) is 45.8 Å². The molecule has 158 valence electrons. The van der Waals surface area contributed by atoms with Gasteiger partial charge >= 0.3 is 0 Å². The molecule has 1 aromatic rings. The van der Waals surface area contributed by atoms with E-state index in [4.69, 9.17) is 4.99 Å². The van der Waals surface area contributed by atoms with Crippen LogP contribution in [0.15, 0.2) is 35.3 Å². The lowest BCUT2D eigenvalue weighted by molar-refractivity contribution is 0.198. The Balaban J connectivity index is 0.00000280. The molecule has 0 amide bonds. The van der Waals surface area contributed by atoms with Crippen LogP contribution in [-0.4, -0.2) is 67.6 Å². The van der Waals surface area contributed by atoms with Crippen LogP contribution in [0, 0.1) is 5.92 Å². The van der Waals surface area contributed by atoms with Gasteiger partial charge in [0, 0.05) is 45.3 Å². The molecule has 2 fully saturated rings. The molecule has 5 nitrogen and oxygen atoms in total. The van der Waals surface area contributed by atoms with E-state index >= 15 is 0 Å². The summed E-state index contributed by atoms with van der Waals surface area (Å²) in [6, 6.07) is 11.3. The molecule has 1 aromatic carbocycles. The number of halogens is 1. The SMILES string of the molecule is CCNC(=NCC1CCN(CC)C1)NC1CCN(Cc2ccccc2)CC1.I. The monoisotopic (exact) mass is 499 g/mol. The van der Waals surface area contributed by atoms with E-state index in [1.165, 1.54) is 44.5 Å². The summed E-state index contributed by atoms with van der Waals surface area (Å²) in [6.45, 7) is 13.2. The maximum atomic E-state index is 4.90. The molecule has 2 N–H and O–H groups in total. The van der Waals surface area contributed by atoms with Crippen LogP contribution in [0.3, 0.4) is 0 Å². The van der Waals surface area contributed by atoms with Crippen molar-refractivity contribution in [3.63, 3.8) is 0 Å². The Hall–Kier alpha value is -0.860. The summed E-state index contributed by atoms with van der Waals surface area (Å²) in [5, 5.41) is 7.13. The van der Waals surface area contributed by atoms with Gasteiger partial charge in [-0.1, -0.05) is 37.3 Å². The summed E-state index contributed by atoms with van der Waals surface area (Å²) in [7, 11) is 0. The molecule has 28 heavy (non-hydrogen) atoms. The lowest BCUT2D eigenvalue weighted by Crippen LogP contribution is -2.48. The molecule has 0 spiro atoms. The van der Waals surface area contributed by atoms with Crippen molar-refractivity contribution in [2.24, 2.45) is 10.9 Å². The third kappa shape index (κ3) is 7.52. The normalized spacial score (nSPS) is 22.1. The van der Waals surface area contributed by atoms with Gasteiger partial charge in [0.15, 0.2) is 5.96 Å². The fourth-order valence-electron chi connectivity index (χ4n) is 4.16. The summed E-state index contributed by atoms with van der Waals surface area (Å²) >= 11 is 0. The van der Waals surface area contributed by atoms with Crippen LogP contribution in [0.1, 0.15) is 38.7 Å². The summed E-state index contributed by atoms with van der Waals surface area (Å²) in [5.41, 5.74) is 1.41. The zero-order chi connectivity index (χ0) is 18.9. The van der Waals surface area contributed by atoms with Gasteiger partial charge in [-0.15, -0.1) is 24.0 Å². The summed E-state index contributed by atoms with van der Waals surface area (Å²) in [5.74, 6) is 1.72. The van der Waals surface area contributed by atoms with Crippen molar-refractivity contribution in [1.82, 2.24) is 20.4 Å². The van der Waals surface area contributed by atoms with E-state index in [-0.39, 0.29) is 24.0 Å². The predicted octanol–water partition coefficient (Wildman–Crippen LogP) is 3.17. The molecular formula is C22H38IN5. The summed E-state index contributed by atoms with van der Waals surface area (Å²) < 4.78 is 0. The Morgan fingerprint density at radius 3 is 2.39 bits per heavy atom. The van der Waals surface area contributed by atoms with Crippen LogP contribution in [0.25, 0.3) is 0 Å². The van der Waals surface area contributed by atoms with E-state index in [1.807, 2.05) is 0 Å². The molecular weight excluding hydrogens is 461 g/mol. The number of benzene rings is 1. The maximum Gasteiger partial charge on any atom is 0.191 e. The van der Waals surface area contributed by atoms with Crippen LogP contribution >= 0.6 is 24.0 Å². The Labute approximate surface area is 188 Å². The highest BCUT2D eigenvalue weighted by Crippen LogP contribution is 2.16. The Morgan fingerprint density at radius 2 is 1.75 bits per heavy atom. The van der Waals surface area contributed by atoms with Gasteiger partial charge in [-0.05, 0) is 50.8 Å². The zero-order valence-corrected chi connectivity index (χ0v) is 19.9. The Bertz CT molecular complexity index is 572. The lowest BCUT2D eigenvalue weighted by atomic mass is 10.0. The first kappa shape index (κ1) is 23.4. The van der Waals surface area contributed by atoms with Crippen molar-refractivity contribution < 1.29 is 0 Å². The molecule has 2 aliphatic rings. The van der Waals surface area contributed by atoms with Gasteiger partial charge in [-0.25, -0.2) is 0 Å². The number of nitrogens with zero attached hydrogens (tertiary/aromatic N) is 3. The van der Waals surface area contributed by atoms with Crippen molar-refractivity contribution in [1.29, 1.82) is 0 Å². The molecule has 2 heterocycles. The average molecular weight is 499 g/mol. The molecule has 0 saturated carbocycles. The van der Waals surface area contributed by atoms with Gasteiger partial charge in [0.05, 0.1) is 0 Å². The topological polar surface area (TPSA) is 42.9 Å². The molecule has 0 aliphatic carbocycles. The Morgan fingerprint density at radius 1 is 1.04 bits per heavy atom. The van der Waals surface area contributed by atoms with Crippen LogP contribution in [0.4, 0.5) is 0 Å². The molecule has 6 heteroatoms. The minimum absolute atomic E-state index is 0. The first-order valence-electron chi connectivity index (χ1n) is 10.8. The first-order chi connectivity index (χ1) is 13.3. The number of guanidine groups is 1. The highest BCUT2D eigenvalue weighted by Gasteiger charge is 2.22. The second-order valence-electron chi connectivity index (χ2n) is 7.95. The third-order valence-corrected chi connectivity index (χ3v) is 5.85. The second-order valence-corrected chi connectivity index (χ2v) is 7.95. The molecule has 3 rings (SSSR count). The number of piperidine rings is 1. The quantitative estimate of drug-likeness (QED) is 0.344. The molecule has 2 aliphatic heterocycles. The zero-order valence-electron chi connectivity index (χ0n) is 17.6. The molecule has 0 bridgehead atoms. The largest absolute Gasteiger partial charge is 0.357 e. The highest BCUT2D eigenvalue weighted by atomic mass is 127. The molecule has 2 saturated heterocycles. The van der Waals surface area contributed by atoms with E-state index in [0.29, 0.717) is 12.0 Å². The van der Waals surface area contributed by atoms with E-state index in [0.717, 1.165) is 38.7 Å². The minimum atomic E-state index is 0. The van der Waals surface area contributed by atoms with Gasteiger partial charge in [-0.2, -0.15) is 0 Å². The smallest absolute Gasteiger partial charge is 0.191 e. The van der Waals surface area contributed by atoms with E-state index < -0.39 is 0 Å². The number of hydrogen-bond donors (Lipinski definition) is 2. The number of hydrogen-bond acceptors (Lipinski definition) is 3. The third-order valence-electron chi connectivity index (χ3n) is 5.85. The van der Waals surface area contributed by atoms with E-state index in [2.05, 4.69) is 64.6 Å². The minimum Gasteiger partial charge on any atom is -0.357 e. The van der Waals surface area contributed by atoms with Crippen molar-refractivity contribution in [3.05, 3.63) is 35.9 Å².